The molecule has 4 aromatic rings. The predicted molar refractivity (Wildman–Crippen MR) is 119 cm³/mol. The molecule has 0 atom stereocenters. The molecule has 0 N–H and O–H groups in total. The van der Waals surface area contributed by atoms with Crippen LogP contribution in [0, 0.1) is 18.6 Å². The van der Waals surface area contributed by atoms with Crippen LogP contribution in [0.2, 0.25) is 0 Å². The Morgan fingerprint density at radius 2 is 1.61 bits per heavy atom. The number of aromatic nitrogens is 1. The minimum atomic E-state index is -0.332. The number of rotatable bonds is 7. The Morgan fingerprint density at radius 1 is 0.839 bits per heavy atom. The average Bonchev–Trinajstić information content (AvgIpc) is 2.77. The van der Waals surface area contributed by atoms with Gasteiger partial charge in [0.25, 0.3) is 0 Å². The molecule has 0 aliphatic rings. The van der Waals surface area contributed by atoms with Gasteiger partial charge in [-0.2, -0.15) is 0 Å². The van der Waals surface area contributed by atoms with Crippen molar-refractivity contribution in [1.82, 2.24) is 4.98 Å². The third kappa shape index (κ3) is 4.72. The van der Waals surface area contributed by atoms with E-state index in [1.807, 2.05) is 50.2 Å². The van der Waals surface area contributed by atoms with Gasteiger partial charge in [0.2, 0.25) is 0 Å². The minimum absolute atomic E-state index is 0.300. The first-order chi connectivity index (χ1) is 15.0. The number of aryl methyl sites for hydroxylation is 1. The van der Waals surface area contributed by atoms with Crippen LogP contribution >= 0.6 is 0 Å². The quantitative estimate of drug-likeness (QED) is 0.318. The molecule has 0 aliphatic heterocycles. The molecule has 0 spiro atoms. The summed E-state index contributed by atoms with van der Waals surface area (Å²) in [6.45, 7) is 5.50. The summed E-state index contributed by atoms with van der Waals surface area (Å²) in [5.74, 6) is 0.0835. The normalized spacial score (nSPS) is 11.1. The molecule has 31 heavy (non-hydrogen) atoms. The molecule has 4 rings (SSSR count). The lowest BCUT2D eigenvalue weighted by molar-refractivity contribution is 0.110. The van der Waals surface area contributed by atoms with Gasteiger partial charge in [0.05, 0.1) is 17.8 Å². The second-order valence-electron chi connectivity index (χ2n) is 7.25. The summed E-state index contributed by atoms with van der Waals surface area (Å²) < 4.78 is 39.3. The van der Waals surface area contributed by atoms with Crippen LogP contribution in [0.3, 0.4) is 0 Å². The van der Waals surface area contributed by atoms with Gasteiger partial charge in [-0.05, 0) is 67.4 Å². The highest BCUT2D eigenvalue weighted by Gasteiger charge is 2.11. The van der Waals surface area contributed by atoms with Gasteiger partial charge in [-0.1, -0.05) is 24.3 Å². The molecule has 0 unspecified atom stereocenters. The van der Waals surface area contributed by atoms with E-state index in [4.69, 9.17) is 9.47 Å². The number of hydrogen-bond donors (Lipinski definition) is 0. The van der Waals surface area contributed by atoms with E-state index in [9.17, 15) is 8.78 Å². The fourth-order valence-corrected chi connectivity index (χ4v) is 3.52. The topological polar surface area (TPSA) is 31.4 Å². The highest BCUT2D eigenvalue weighted by molar-refractivity contribution is 5.85. The zero-order valence-electron chi connectivity index (χ0n) is 17.5. The monoisotopic (exact) mass is 419 g/mol. The van der Waals surface area contributed by atoms with Crippen molar-refractivity contribution < 1.29 is 18.3 Å². The van der Waals surface area contributed by atoms with Gasteiger partial charge in [-0.15, -0.1) is 0 Å². The highest BCUT2D eigenvalue weighted by Crippen LogP contribution is 2.30. The summed E-state index contributed by atoms with van der Waals surface area (Å²) in [4.78, 5) is 4.58. The third-order valence-electron chi connectivity index (χ3n) is 5.11. The van der Waals surface area contributed by atoms with Crippen molar-refractivity contribution in [3.8, 4) is 28.1 Å². The maximum Gasteiger partial charge on any atom is 0.131 e. The molecule has 0 aliphatic carbocycles. The summed E-state index contributed by atoms with van der Waals surface area (Å²) in [7, 11) is 0. The van der Waals surface area contributed by atoms with Crippen LogP contribution in [0.5, 0.6) is 5.75 Å². The van der Waals surface area contributed by atoms with Gasteiger partial charge in [0.1, 0.15) is 24.0 Å². The summed E-state index contributed by atoms with van der Waals surface area (Å²) in [6, 6.07) is 18.7. The molecule has 0 bridgehead atoms. The number of halogens is 2. The second-order valence-corrected chi connectivity index (χ2v) is 7.25. The van der Waals surface area contributed by atoms with Gasteiger partial charge >= 0.3 is 0 Å². The Morgan fingerprint density at radius 3 is 2.35 bits per heavy atom. The summed E-state index contributed by atoms with van der Waals surface area (Å²) >= 11 is 0. The molecule has 158 valence electrons. The Bertz CT molecular complexity index is 1210. The summed E-state index contributed by atoms with van der Waals surface area (Å²) in [5.41, 5.74) is 4.17. The number of nitrogens with zero attached hydrogens (tertiary/aromatic N) is 1. The lowest BCUT2D eigenvalue weighted by Crippen LogP contribution is -2.06. The molecule has 0 saturated carbocycles. The fourth-order valence-electron chi connectivity index (χ4n) is 3.52. The maximum atomic E-state index is 15.0. The van der Waals surface area contributed by atoms with E-state index in [2.05, 4.69) is 4.98 Å². The van der Waals surface area contributed by atoms with E-state index in [0.717, 1.165) is 16.5 Å². The summed E-state index contributed by atoms with van der Waals surface area (Å²) in [6.07, 6.45) is 0. The maximum absolute atomic E-state index is 15.0. The van der Waals surface area contributed by atoms with Crippen LogP contribution in [0.25, 0.3) is 33.3 Å². The number of benzene rings is 3. The fraction of sp³-hybridized carbons (Fsp3) is 0.192. The van der Waals surface area contributed by atoms with Crippen molar-refractivity contribution in [2.75, 3.05) is 19.8 Å². The largest absolute Gasteiger partial charge is 0.491 e. The first-order valence-corrected chi connectivity index (χ1v) is 10.2. The molecule has 0 saturated heterocycles. The molecule has 0 amide bonds. The van der Waals surface area contributed by atoms with E-state index >= 15 is 0 Å². The molecular weight excluding hydrogens is 396 g/mol. The molecule has 3 aromatic carbocycles. The van der Waals surface area contributed by atoms with Crippen molar-refractivity contribution in [2.45, 2.75) is 13.8 Å². The number of fused-ring (bicyclic) bond motifs is 1. The van der Waals surface area contributed by atoms with Gasteiger partial charge < -0.3 is 9.47 Å². The SMILES string of the molecule is CCOCCOc1ccc(-c2ccc(-c3cc(C)c4cc(F)ccc4n3)cc2F)cc1. The van der Waals surface area contributed by atoms with Crippen LogP contribution in [0.4, 0.5) is 8.78 Å². The van der Waals surface area contributed by atoms with Crippen molar-refractivity contribution in [2.24, 2.45) is 0 Å². The lowest BCUT2D eigenvalue weighted by atomic mass is 10.00. The van der Waals surface area contributed by atoms with Crippen LogP contribution in [0.1, 0.15) is 12.5 Å². The van der Waals surface area contributed by atoms with Gasteiger partial charge in [0, 0.05) is 23.1 Å². The van der Waals surface area contributed by atoms with E-state index < -0.39 is 0 Å². The Balaban J connectivity index is 1.57. The molecule has 0 fully saturated rings. The van der Waals surface area contributed by atoms with Gasteiger partial charge in [0.15, 0.2) is 0 Å². The van der Waals surface area contributed by atoms with Crippen molar-refractivity contribution in [3.05, 3.63) is 83.9 Å². The van der Waals surface area contributed by atoms with Crippen molar-refractivity contribution in [1.29, 1.82) is 0 Å². The van der Waals surface area contributed by atoms with Crippen LogP contribution in [0.15, 0.2) is 66.7 Å². The molecule has 1 aromatic heterocycles. The van der Waals surface area contributed by atoms with Crippen LogP contribution < -0.4 is 4.74 Å². The smallest absolute Gasteiger partial charge is 0.131 e. The number of pyridine rings is 1. The zero-order chi connectivity index (χ0) is 21.8. The molecule has 3 nitrogen and oxygen atoms in total. The van der Waals surface area contributed by atoms with Crippen molar-refractivity contribution >= 4 is 10.9 Å². The van der Waals surface area contributed by atoms with E-state index in [0.29, 0.717) is 47.9 Å². The van der Waals surface area contributed by atoms with Gasteiger partial charge in [-0.3, -0.25) is 0 Å². The molecule has 1 heterocycles. The predicted octanol–water partition coefficient (Wildman–Crippen LogP) is 6.57. The van der Waals surface area contributed by atoms with Crippen molar-refractivity contribution in [3.63, 3.8) is 0 Å². The summed E-state index contributed by atoms with van der Waals surface area (Å²) in [5, 5.41) is 0.754. The minimum Gasteiger partial charge on any atom is -0.491 e. The standard InChI is InChI=1S/C26H23F2NO2/c1-3-30-12-13-31-21-8-4-18(5-9-21)22-10-6-19(15-24(22)28)26-14-17(2)23-16-20(27)7-11-25(23)29-26/h4-11,14-16H,3,12-13H2,1-2H3. The first kappa shape index (κ1) is 20.9. The lowest BCUT2D eigenvalue weighted by Gasteiger charge is -2.10. The van der Waals surface area contributed by atoms with E-state index in [1.165, 1.54) is 18.2 Å². The van der Waals surface area contributed by atoms with E-state index in [1.54, 1.807) is 12.1 Å². The van der Waals surface area contributed by atoms with Crippen LogP contribution in [-0.4, -0.2) is 24.8 Å². The van der Waals surface area contributed by atoms with Crippen LogP contribution in [-0.2, 0) is 4.74 Å². The average molecular weight is 419 g/mol. The van der Waals surface area contributed by atoms with Gasteiger partial charge in [-0.25, -0.2) is 13.8 Å². The zero-order valence-corrected chi connectivity index (χ0v) is 17.5. The Hall–Kier alpha value is -3.31. The second kappa shape index (κ2) is 9.23. The Labute approximate surface area is 180 Å². The molecule has 5 heteroatoms. The molecule has 0 radical (unpaired) electrons. The van der Waals surface area contributed by atoms with E-state index in [-0.39, 0.29) is 11.6 Å². The Kier molecular flexibility index (Phi) is 6.23. The third-order valence-corrected chi connectivity index (χ3v) is 5.11. The molecular formula is C26H23F2NO2. The highest BCUT2D eigenvalue weighted by atomic mass is 19.1. The first-order valence-electron chi connectivity index (χ1n) is 10.2. The number of ether oxygens (including phenoxy) is 2. The number of hydrogen-bond acceptors (Lipinski definition) is 3.